The zero-order chi connectivity index (χ0) is 10.1. The highest BCUT2D eigenvalue weighted by atomic mass is 79.9. The third-order valence-corrected chi connectivity index (χ3v) is 2.54. The van der Waals surface area contributed by atoms with Gasteiger partial charge >= 0.3 is 0 Å². The minimum atomic E-state index is 0.318. The van der Waals surface area contributed by atoms with Crippen LogP contribution in [0.4, 0.5) is 5.69 Å². The van der Waals surface area contributed by atoms with E-state index in [0.717, 1.165) is 16.6 Å². The maximum atomic E-state index is 5.66. The number of anilines is 1. The molecule has 0 aliphatic carbocycles. The van der Waals surface area contributed by atoms with Gasteiger partial charge in [-0.2, -0.15) is 0 Å². The standard InChI is InChI=1S/C11H16BrN/c1-11(2,3)7-8-4-5-9(13)6-10(8)12/h4-6H,7,13H2,1-3H3. The summed E-state index contributed by atoms with van der Waals surface area (Å²) in [6.07, 6.45) is 1.06. The van der Waals surface area contributed by atoms with Crippen molar-refractivity contribution in [3.05, 3.63) is 28.2 Å². The molecule has 0 aromatic heterocycles. The number of benzene rings is 1. The molecule has 1 aromatic rings. The molecule has 0 spiro atoms. The molecule has 0 heterocycles. The van der Waals surface area contributed by atoms with Crippen molar-refractivity contribution in [2.24, 2.45) is 5.41 Å². The largest absolute Gasteiger partial charge is 0.399 e. The van der Waals surface area contributed by atoms with Crippen LogP contribution >= 0.6 is 15.9 Å². The van der Waals surface area contributed by atoms with Crippen molar-refractivity contribution >= 4 is 21.6 Å². The average Bonchev–Trinajstić information content (AvgIpc) is 1.93. The lowest BCUT2D eigenvalue weighted by molar-refractivity contribution is 0.410. The second-order valence-electron chi connectivity index (χ2n) is 4.59. The smallest absolute Gasteiger partial charge is 0.0325 e. The summed E-state index contributed by atoms with van der Waals surface area (Å²) in [7, 11) is 0. The second kappa shape index (κ2) is 3.70. The van der Waals surface area contributed by atoms with E-state index in [0.29, 0.717) is 5.41 Å². The van der Waals surface area contributed by atoms with Crippen LogP contribution in [-0.4, -0.2) is 0 Å². The molecule has 0 saturated heterocycles. The fraction of sp³-hybridized carbons (Fsp3) is 0.455. The number of rotatable bonds is 1. The molecule has 0 saturated carbocycles. The predicted molar refractivity (Wildman–Crippen MR) is 61.7 cm³/mol. The van der Waals surface area contributed by atoms with E-state index >= 15 is 0 Å². The van der Waals surface area contributed by atoms with Crippen molar-refractivity contribution in [2.45, 2.75) is 27.2 Å². The molecule has 72 valence electrons. The normalized spacial score (nSPS) is 11.7. The average molecular weight is 242 g/mol. The Hall–Kier alpha value is -0.500. The Morgan fingerprint density at radius 2 is 1.92 bits per heavy atom. The van der Waals surface area contributed by atoms with Crippen LogP contribution < -0.4 is 5.73 Å². The molecule has 0 radical (unpaired) electrons. The molecule has 0 bridgehead atoms. The van der Waals surface area contributed by atoms with Crippen LogP contribution in [0.3, 0.4) is 0 Å². The van der Waals surface area contributed by atoms with Crippen LogP contribution in [0.2, 0.25) is 0 Å². The first-order valence-corrected chi connectivity index (χ1v) is 5.22. The van der Waals surface area contributed by atoms with E-state index in [-0.39, 0.29) is 0 Å². The molecule has 2 N–H and O–H groups in total. The molecule has 0 fully saturated rings. The lowest BCUT2D eigenvalue weighted by atomic mass is 9.88. The van der Waals surface area contributed by atoms with E-state index in [1.807, 2.05) is 12.1 Å². The van der Waals surface area contributed by atoms with Gasteiger partial charge < -0.3 is 5.73 Å². The Morgan fingerprint density at radius 1 is 1.31 bits per heavy atom. The van der Waals surface area contributed by atoms with Gasteiger partial charge in [0.2, 0.25) is 0 Å². The summed E-state index contributed by atoms with van der Waals surface area (Å²) >= 11 is 3.52. The quantitative estimate of drug-likeness (QED) is 0.748. The number of nitrogens with two attached hydrogens (primary N) is 1. The highest BCUT2D eigenvalue weighted by molar-refractivity contribution is 9.10. The van der Waals surface area contributed by atoms with Gasteiger partial charge in [-0.1, -0.05) is 42.8 Å². The summed E-state index contributed by atoms with van der Waals surface area (Å²) in [6, 6.07) is 6.00. The molecular formula is C11H16BrN. The minimum Gasteiger partial charge on any atom is -0.399 e. The van der Waals surface area contributed by atoms with Gasteiger partial charge in [-0.25, -0.2) is 0 Å². The summed E-state index contributed by atoms with van der Waals surface area (Å²) in [6.45, 7) is 6.70. The van der Waals surface area contributed by atoms with Gasteiger partial charge in [0.15, 0.2) is 0 Å². The first-order valence-electron chi connectivity index (χ1n) is 4.42. The molecule has 0 aliphatic rings. The SMILES string of the molecule is CC(C)(C)Cc1ccc(N)cc1Br. The fourth-order valence-corrected chi connectivity index (χ4v) is 1.81. The van der Waals surface area contributed by atoms with Gasteiger partial charge in [-0.15, -0.1) is 0 Å². The van der Waals surface area contributed by atoms with Crippen molar-refractivity contribution in [1.82, 2.24) is 0 Å². The van der Waals surface area contributed by atoms with Crippen LogP contribution in [0.25, 0.3) is 0 Å². The third-order valence-electron chi connectivity index (χ3n) is 1.80. The van der Waals surface area contributed by atoms with Gasteiger partial charge in [0.25, 0.3) is 0 Å². The first-order chi connectivity index (χ1) is 5.88. The Bertz CT molecular complexity index is 299. The molecule has 1 nitrogen and oxygen atoms in total. The molecule has 0 atom stereocenters. The Morgan fingerprint density at radius 3 is 2.38 bits per heavy atom. The minimum absolute atomic E-state index is 0.318. The number of hydrogen-bond acceptors (Lipinski definition) is 1. The summed E-state index contributed by atoms with van der Waals surface area (Å²) in [5.41, 5.74) is 8.11. The van der Waals surface area contributed by atoms with Crippen LogP contribution in [0.5, 0.6) is 0 Å². The molecular weight excluding hydrogens is 226 g/mol. The van der Waals surface area contributed by atoms with Crippen LogP contribution in [0.1, 0.15) is 26.3 Å². The lowest BCUT2D eigenvalue weighted by Gasteiger charge is -2.19. The van der Waals surface area contributed by atoms with E-state index in [1.54, 1.807) is 0 Å². The number of nitrogen functional groups attached to an aromatic ring is 1. The Balaban J connectivity index is 2.90. The highest BCUT2D eigenvalue weighted by Gasteiger charge is 2.12. The van der Waals surface area contributed by atoms with Gasteiger partial charge in [0.05, 0.1) is 0 Å². The van der Waals surface area contributed by atoms with Crippen molar-refractivity contribution < 1.29 is 0 Å². The van der Waals surface area contributed by atoms with E-state index < -0.39 is 0 Å². The zero-order valence-corrected chi connectivity index (χ0v) is 9.98. The van der Waals surface area contributed by atoms with Crippen LogP contribution in [0, 0.1) is 5.41 Å². The van der Waals surface area contributed by atoms with Crippen LogP contribution in [0.15, 0.2) is 22.7 Å². The number of hydrogen-bond donors (Lipinski definition) is 1. The Kier molecular flexibility index (Phi) is 3.01. The molecule has 2 heteroatoms. The summed E-state index contributed by atoms with van der Waals surface area (Å²) in [5.74, 6) is 0. The Labute approximate surface area is 88.5 Å². The lowest BCUT2D eigenvalue weighted by Crippen LogP contribution is -2.09. The number of halogens is 1. The molecule has 1 rings (SSSR count). The third kappa shape index (κ3) is 3.39. The van der Waals surface area contributed by atoms with Crippen molar-refractivity contribution in [2.75, 3.05) is 5.73 Å². The summed E-state index contributed by atoms with van der Waals surface area (Å²) in [4.78, 5) is 0. The van der Waals surface area contributed by atoms with E-state index in [9.17, 15) is 0 Å². The molecule has 0 aliphatic heterocycles. The summed E-state index contributed by atoms with van der Waals surface area (Å²) < 4.78 is 1.11. The van der Waals surface area contributed by atoms with Crippen LogP contribution in [-0.2, 0) is 6.42 Å². The monoisotopic (exact) mass is 241 g/mol. The maximum absolute atomic E-state index is 5.66. The van der Waals surface area contributed by atoms with Crippen molar-refractivity contribution in [3.8, 4) is 0 Å². The van der Waals surface area contributed by atoms with E-state index in [1.165, 1.54) is 5.56 Å². The second-order valence-corrected chi connectivity index (χ2v) is 5.44. The van der Waals surface area contributed by atoms with Crippen molar-refractivity contribution in [1.29, 1.82) is 0 Å². The topological polar surface area (TPSA) is 26.0 Å². The van der Waals surface area contributed by atoms with E-state index in [2.05, 4.69) is 42.8 Å². The van der Waals surface area contributed by atoms with Gasteiger partial charge in [0.1, 0.15) is 0 Å². The highest BCUT2D eigenvalue weighted by Crippen LogP contribution is 2.27. The predicted octanol–water partition coefficient (Wildman–Crippen LogP) is 3.62. The maximum Gasteiger partial charge on any atom is 0.0325 e. The van der Waals surface area contributed by atoms with Crippen molar-refractivity contribution in [3.63, 3.8) is 0 Å². The zero-order valence-electron chi connectivity index (χ0n) is 8.39. The first kappa shape index (κ1) is 10.6. The van der Waals surface area contributed by atoms with E-state index in [4.69, 9.17) is 5.73 Å². The van der Waals surface area contributed by atoms with Gasteiger partial charge in [-0.3, -0.25) is 0 Å². The molecule has 0 amide bonds. The van der Waals surface area contributed by atoms with Gasteiger partial charge in [0, 0.05) is 10.2 Å². The molecule has 1 aromatic carbocycles. The van der Waals surface area contributed by atoms with Gasteiger partial charge in [-0.05, 0) is 29.5 Å². The molecule has 0 unspecified atom stereocenters. The summed E-state index contributed by atoms with van der Waals surface area (Å²) in [5, 5.41) is 0. The fourth-order valence-electron chi connectivity index (χ4n) is 1.28. The molecule has 13 heavy (non-hydrogen) atoms.